The highest BCUT2D eigenvalue weighted by molar-refractivity contribution is 7.86. The highest BCUT2D eigenvalue weighted by atomic mass is 32.2. The SMILES string of the molecule is CC(C)(C)OC(=O)N1CCCN(CC(CC#N)OS(C)(=O)=O)CC1. The predicted molar refractivity (Wildman–Crippen MR) is 88.8 cm³/mol. The van der Waals surface area contributed by atoms with Crippen LogP contribution in [0.25, 0.3) is 0 Å². The average Bonchev–Trinajstić information content (AvgIpc) is 2.60. The van der Waals surface area contributed by atoms with Crippen LogP contribution in [0.15, 0.2) is 0 Å². The van der Waals surface area contributed by atoms with Gasteiger partial charge in [0.2, 0.25) is 0 Å². The van der Waals surface area contributed by atoms with Crippen molar-refractivity contribution in [1.82, 2.24) is 9.80 Å². The van der Waals surface area contributed by atoms with Gasteiger partial charge in [0.1, 0.15) is 11.7 Å². The molecule has 1 amide bonds. The Hall–Kier alpha value is -1.37. The van der Waals surface area contributed by atoms with Crippen LogP contribution >= 0.6 is 0 Å². The van der Waals surface area contributed by atoms with Crippen molar-refractivity contribution in [3.8, 4) is 6.07 Å². The Balaban J connectivity index is 2.58. The van der Waals surface area contributed by atoms with E-state index in [1.54, 1.807) is 4.90 Å². The zero-order chi connectivity index (χ0) is 18.4. The van der Waals surface area contributed by atoms with Crippen LogP contribution in [0.1, 0.15) is 33.6 Å². The Kier molecular flexibility index (Phi) is 7.45. The summed E-state index contributed by atoms with van der Waals surface area (Å²) in [5.74, 6) is 0. The first kappa shape index (κ1) is 20.7. The fraction of sp³-hybridized carbons (Fsp3) is 0.867. The molecule has 1 atom stereocenters. The third-order valence-electron chi connectivity index (χ3n) is 3.33. The molecular weight excluding hydrogens is 334 g/mol. The molecule has 0 radical (unpaired) electrons. The Labute approximate surface area is 144 Å². The lowest BCUT2D eigenvalue weighted by Gasteiger charge is -2.27. The van der Waals surface area contributed by atoms with Gasteiger partial charge >= 0.3 is 6.09 Å². The summed E-state index contributed by atoms with van der Waals surface area (Å²) < 4.78 is 32.9. The first-order valence-electron chi connectivity index (χ1n) is 7.95. The molecule has 24 heavy (non-hydrogen) atoms. The minimum absolute atomic E-state index is 0.000645. The molecule has 1 fully saturated rings. The highest BCUT2D eigenvalue weighted by Crippen LogP contribution is 2.13. The number of ether oxygens (including phenoxy) is 1. The molecule has 0 saturated carbocycles. The minimum atomic E-state index is -3.61. The van der Waals surface area contributed by atoms with Crippen LogP contribution in [0.5, 0.6) is 0 Å². The number of amides is 1. The van der Waals surface area contributed by atoms with Crippen LogP contribution < -0.4 is 0 Å². The van der Waals surface area contributed by atoms with Gasteiger partial charge in [0.05, 0.1) is 18.7 Å². The van der Waals surface area contributed by atoms with E-state index in [0.29, 0.717) is 32.7 Å². The number of carbonyl (C=O) groups excluding carboxylic acids is 1. The van der Waals surface area contributed by atoms with Crippen LogP contribution in [0.4, 0.5) is 4.79 Å². The van der Waals surface area contributed by atoms with Crippen molar-refractivity contribution in [3.05, 3.63) is 0 Å². The van der Waals surface area contributed by atoms with Gasteiger partial charge in [-0.15, -0.1) is 0 Å². The Bertz CT molecular complexity index is 565. The van der Waals surface area contributed by atoms with Gasteiger partial charge in [-0.3, -0.25) is 9.08 Å². The summed E-state index contributed by atoms with van der Waals surface area (Å²) in [6.07, 6.45) is 0.684. The molecule has 0 aromatic carbocycles. The molecule has 0 N–H and O–H groups in total. The lowest BCUT2D eigenvalue weighted by atomic mass is 10.2. The second-order valence-corrected chi connectivity index (χ2v) is 8.51. The summed E-state index contributed by atoms with van der Waals surface area (Å²) in [6.45, 7) is 8.16. The van der Waals surface area contributed by atoms with E-state index in [-0.39, 0.29) is 12.5 Å². The number of carbonyl (C=O) groups is 1. The van der Waals surface area contributed by atoms with Crippen molar-refractivity contribution in [2.75, 3.05) is 39.0 Å². The maximum absolute atomic E-state index is 12.1. The normalized spacial score (nSPS) is 18.5. The summed E-state index contributed by atoms with van der Waals surface area (Å²) in [4.78, 5) is 15.8. The summed E-state index contributed by atoms with van der Waals surface area (Å²) in [5.41, 5.74) is -0.537. The second-order valence-electron chi connectivity index (χ2n) is 6.91. The molecule has 0 aliphatic carbocycles. The molecule has 0 aromatic heterocycles. The quantitative estimate of drug-likeness (QED) is 0.678. The number of nitriles is 1. The van der Waals surface area contributed by atoms with Crippen molar-refractivity contribution in [2.24, 2.45) is 0 Å². The van der Waals surface area contributed by atoms with Crippen LogP contribution in [-0.4, -0.2) is 75.0 Å². The van der Waals surface area contributed by atoms with E-state index < -0.39 is 21.8 Å². The zero-order valence-electron chi connectivity index (χ0n) is 14.8. The lowest BCUT2D eigenvalue weighted by molar-refractivity contribution is 0.0256. The molecular formula is C15H27N3O5S. The van der Waals surface area contributed by atoms with E-state index in [1.807, 2.05) is 31.7 Å². The molecule has 8 nitrogen and oxygen atoms in total. The number of hydrogen-bond acceptors (Lipinski definition) is 7. The van der Waals surface area contributed by atoms with Gasteiger partial charge in [0.25, 0.3) is 10.1 Å². The molecule has 0 aromatic rings. The largest absolute Gasteiger partial charge is 0.444 e. The van der Waals surface area contributed by atoms with E-state index >= 15 is 0 Å². The van der Waals surface area contributed by atoms with Gasteiger partial charge in [-0.05, 0) is 27.2 Å². The lowest BCUT2D eigenvalue weighted by Crippen LogP contribution is -2.40. The van der Waals surface area contributed by atoms with Gasteiger partial charge in [-0.2, -0.15) is 13.7 Å². The van der Waals surface area contributed by atoms with E-state index in [2.05, 4.69) is 0 Å². The molecule has 0 spiro atoms. The maximum Gasteiger partial charge on any atom is 0.410 e. The molecule has 9 heteroatoms. The molecule has 138 valence electrons. The van der Waals surface area contributed by atoms with Crippen LogP contribution in [0.3, 0.4) is 0 Å². The van der Waals surface area contributed by atoms with Crippen LogP contribution in [0, 0.1) is 11.3 Å². The Morgan fingerprint density at radius 1 is 1.25 bits per heavy atom. The van der Waals surface area contributed by atoms with E-state index in [0.717, 1.165) is 12.7 Å². The van der Waals surface area contributed by atoms with Gasteiger partial charge < -0.3 is 9.64 Å². The van der Waals surface area contributed by atoms with E-state index in [1.165, 1.54) is 0 Å². The molecule has 1 heterocycles. The summed E-state index contributed by atoms with van der Waals surface area (Å²) in [6, 6.07) is 1.95. The van der Waals surface area contributed by atoms with Gasteiger partial charge in [-0.25, -0.2) is 4.79 Å². The van der Waals surface area contributed by atoms with Crippen LogP contribution in [-0.2, 0) is 19.0 Å². The Morgan fingerprint density at radius 2 is 1.92 bits per heavy atom. The average molecular weight is 361 g/mol. The summed E-state index contributed by atoms with van der Waals surface area (Å²) in [5, 5.41) is 8.83. The van der Waals surface area contributed by atoms with Crippen molar-refractivity contribution in [2.45, 2.75) is 45.3 Å². The summed E-state index contributed by atoms with van der Waals surface area (Å²) in [7, 11) is -3.61. The Morgan fingerprint density at radius 3 is 2.46 bits per heavy atom. The van der Waals surface area contributed by atoms with Gasteiger partial charge in [-0.1, -0.05) is 0 Å². The molecule has 1 aliphatic rings. The van der Waals surface area contributed by atoms with Crippen molar-refractivity contribution < 1.29 is 22.1 Å². The third-order valence-corrected chi connectivity index (χ3v) is 3.95. The van der Waals surface area contributed by atoms with Crippen molar-refractivity contribution in [3.63, 3.8) is 0 Å². The summed E-state index contributed by atoms with van der Waals surface area (Å²) >= 11 is 0. The number of hydrogen-bond donors (Lipinski definition) is 0. The zero-order valence-corrected chi connectivity index (χ0v) is 15.6. The second kappa shape index (κ2) is 8.65. The molecule has 1 rings (SSSR count). The van der Waals surface area contributed by atoms with Crippen molar-refractivity contribution >= 4 is 16.2 Å². The van der Waals surface area contributed by atoms with E-state index in [4.69, 9.17) is 14.2 Å². The third kappa shape index (κ3) is 8.47. The first-order valence-corrected chi connectivity index (χ1v) is 9.77. The van der Waals surface area contributed by atoms with Crippen molar-refractivity contribution in [1.29, 1.82) is 5.26 Å². The van der Waals surface area contributed by atoms with E-state index in [9.17, 15) is 13.2 Å². The molecule has 0 bridgehead atoms. The topological polar surface area (TPSA) is 99.9 Å². The fourth-order valence-electron chi connectivity index (χ4n) is 2.43. The minimum Gasteiger partial charge on any atom is -0.444 e. The molecule has 1 saturated heterocycles. The molecule has 1 unspecified atom stereocenters. The molecule has 1 aliphatic heterocycles. The first-order chi connectivity index (χ1) is 11.0. The smallest absolute Gasteiger partial charge is 0.410 e. The predicted octanol–water partition coefficient (Wildman–Crippen LogP) is 1.19. The number of rotatable bonds is 5. The fourth-order valence-corrected chi connectivity index (χ4v) is 3.05. The van der Waals surface area contributed by atoms with Crippen LogP contribution in [0.2, 0.25) is 0 Å². The standard InChI is InChI=1S/C15H27N3O5S/c1-15(2,3)22-14(19)18-9-5-8-17(10-11-18)12-13(6-7-16)23-24(4,20)21/h13H,5-6,8-12H2,1-4H3. The highest BCUT2D eigenvalue weighted by Gasteiger charge is 2.26. The monoisotopic (exact) mass is 361 g/mol. The maximum atomic E-state index is 12.1. The van der Waals surface area contributed by atoms with Gasteiger partial charge in [0.15, 0.2) is 0 Å². The number of nitrogens with zero attached hydrogens (tertiary/aromatic N) is 3. The van der Waals surface area contributed by atoms with Gasteiger partial charge in [0, 0.05) is 32.7 Å².